The van der Waals surface area contributed by atoms with E-state index in [1.165, 1.54) is 0 Å². The third-order valence-electron chi connectivity index (χ3n) is 4.53. The molecule has 0 bridgehead atoms. The third kappa shape index (κ3) is 3.95. The van der Waals surface area contributed by atoms with Crippen LogP contribution >= 0.6 is 15.9 Å². The maximum Gasteiger partial charge on any atom is 0.257 e. The van der Waals surface area contributed by atoms with Crippen LogP contribution in [-0.4, -0.2) is 33.9 Å². The van der Waals surface area contributed by atoms with Gasteiger partial charge in [0.05, 0.1) is 16.9 Å². The molecule has 0 radical (unpaired) electrons. The summed E-state index contributed by atoms with van der Waals surface area (Å²) in [5.41, 5.74) is 4.83. The van der Waals surface area contributed by atoms with Gasteiger partial charge in [-0.25, -0.2) is 9.97 Å². The Labute approximate surface area is 168 Å². The molecule has 3 aromatic rings. The van der Waals surface area contributed by atoms with Crippen molar-refractivity contribution < 1.29 is 4.79 Å². The van der Waals surface area contributed by atoms with Crippen LogP contribution in [0.15, 0.2) is 41.0 Å². The molecule has 3 rings (SSSR count). The quantitative estimate of drug-likeness (QED) is 0.606. The first kappa shape index (κ1) is 19.3. The van der Waals surface area contributed by atoms with Gasteiger partial charge in [0.15, 0.2) is 5.65 Å². The lowest BCUT2D eigenvalue weighted by atomic mass is 10.1. The number of fused-ring (bicyclic) bond motifs is 1. The van der Waals surface area contributed by atoms with Crippen molar-refractivity contribution in [1.82, 2.24) is 14.9 Å². The molecule has 1 aromatic carbocycles. The molecule has 2 aromatic heterocycles. The zero-order valence-electron chi connectivity index (χ0n) is 16.0. The van der Waals surface area contributed by atoms with Gasteiger partial charge in [0, 0.05) is 34.8 Å². The van der Waals surface area contributed by atoms with Gasteiger partial charge in [-0.15, -0.1) is 0 Å². The lowest BCUT2D eigenvalue weighted by Crippen LogP contribution is -2.31. The molecule has 0 spiro atoms. The van der Waals surface area contributed by atoms with Crippen molar-refractivity contribution in [2.75, 3.05) is 18.4 Å². The molecule has 0 aliphatic heterocycles. The molecule has 0 atom stereocenters. The van der Waals surface area contributed by atoms with E-state index in [9.17, 15) is 4.79 Å². The van der Waals surface area contributed by atoms with Crippen molar-refractivity contribution in [3.05, 3.63) is 57.8 Å². The Hall–Kier alpha value is -2.47. The number of anilines is 2. The Morgan fingerprint density at radius 1 is 1.15 bits per heavy atom. The largest absolute Gasteiger partial charge is 0.353 e. The lowest BCUT2D eigenvalue weighted by Gasteiger charge is -2.22. The summed E-state index contributed by atoms with van der Waals surface area (Å²) >= 11 is 3.61. The number of aromatic nitrogens is 2. The Morgan fingerprint density at radius 3 is 2.56 bits per heavy atom. The van der Waals surface area contributed by atoms with Crippen LogP contribution in [0.5, 0.6) is 0 Å². The van der Waals surface area contributed by atoms with E-state index in [0.717, 1.165) is 32.5 Å². The summed E-state index contributed by atoms with van der Waals surface area (Å²) in [5, 5.41) is 4.27. The maximum atomic E-state index is 13.1. The van der Waals surface area contributed by atoms with Gasteiger partial charge in [0.1, 0.15) is 0 Å². The van der Waals surface area contributed by atoms with E-state index < -0.39 is 0 Å². The second kappa shape index (κ2) is 8.05. The number of hydrogen-bond donors (Lipinski definition) is 1. The van der Waals surface area contributed by atoms with Gasteiger partial charge in [-0.05, 0) is 73.5 Å². The van der Waals surface area contributed by atoms with Gasteiger partial charge < -0.3 is 10.2 Å². The van der Waals surface area contributed by atoms with Crippen LogP contribution < -0.4 is 5.32 Å². The van der Waals surface area contributed by atoms with E-state index in [0.29, 0.717) is 24.3 Å². The molecule has 5 nitrogen and oxygen atoms in total. The molecule has 1 amide bonds. The van der Waals surface area contributed by atoms with Crippen LogP contribution in [0.25, 0.3) is 11.0 Å². The van der Waals surface area contributed by atoms with Crippen molar-refractivity contribution in [1.29, 1.82) is 0 Å². The number of benzene rings is 1. The van der Waals surface area contributed by atoms with Gasteiger partial charge in [-0.3, -0.25) is 4.79 Å². The second-order valence-corrected chi connectivity index (χ2v) is 7.31. The smallest absolute Gasteiger partial charge is 0.257 e. The number of carbonyl (C=O) groups is 1. The fourth-order valence-corrected chi connectivity index (χ4v) is 3.60. The highest BCUT2D eigenvalue weighted by atomic mass is 79.9. The standard InChI is InChI=1S/C21H23BrN4O/c1-5-26(6-2)21(27)16-12-23-20-15(9-8-14(4)24-20)19(16)25-18-10-7-13(3)11-17(18)22/h7-12H,5-6H2,1-4H3,(H,23,24,25). The van der Waals surface area contributed by atoms with Gasteiger partial charge >= 0.3 is 0 Å². The van der Waals surface area contributed by atoms with Crippen LogP contribution in [0.1, 0.15) is 35.5 Å². The van der Waals surface area contributed by atoms with Gasteiger partial charge in [-0.2, -0.15) is 0 Å². The van der Waals surface area contributed by atoms with Gasteiger partial charge in [-0.1, -0.05) is 6.07 Å². The molecule has 1 N–H and O–H groups in total. The van der Waals surface area contributed by atoms with Gasteiger partial charge in [0.25, 0.3) is 5.91 Å². The highest BCUT2D eigenvalue weighted by molar-refractivity contribution is 9.10. The first-order chi connectivity index (χ1) is 12.9. The summed E-state index contributed by atoms with van der Waals surface area (Å²) in [5.74, 6) is -0.0410. The fraction of sp³-hybridized carbons (Fsp3) is 0.286. The summed E-state index contributed by atoms with van der Waals surface area (Å²) < 4.78 is 0.939. The van der Waals surface area contributed by atoms with Crippen molar-refractivity contribution in [2.24, 2.45) is 0 Å². The minimum atomic E-state index is -0.0410. The zero-order chi connectivity index (χ0) is 19.6. The molecule has 0 aliphatic carbocycles. The normalized spacial score (nSPS) is 10.9. The highest BCUT2D eigenvalue weighted by Crippen LogP contribution is 2.33. The molecule has 0 fully saturated rings. The van der Waals surface area contributed by atoms with E-state index in [4.69, 9.17) is 0 Å². The molecule has 0 aliphatic rings. The van der Waals surface area contributed by atoms with Crippen LogP contribution in [0.2, 0.25) is 0 Å². The number of nitrogens with one attached hydrogen (secondary N) is 1. The fourth-order valence-electron chi connectivity index (χ4n) is 3.01. The van der Waals surface area contributed by atoms with Crippen molar-refractivity contribution in [2.45, 2.75) is 27.7 Å². The Kier molecular flexibility index (Phi) is 5.75. The summed E-state index contributed by atoms with van der Waals surface area (Å²) in [6.45, 7) is 9.22. The monoisotopic (exact) mass is 426 g/mol. The Balaban J connectivity index is 2.19. The minimum Gasteiger partial charge on any atom is -0.353 e. The van der Waals surface area contributed by atoms with E-state index in [-0.39, 0.29) is 5.91 Å². The zero-order valence-corrected chi connectivity index (χ0v) is 17.6. The van der Waals surface area contributed by atoms with Crippen molar-refractivity contribution in [3.63, 3.8) is 0 Å². The second-order valence-electron chi connectivity index (χ2n) is 6.46. The number of amides is 1. The number of halogens is 1. The summed E-state index contributed by atoms with van der Waals surface area (Å²) in [6, 6.07) is 9.98. The number of hydrogen-bond acceptors (Lipinski definition) is 4. The van der Waals surface area contributed by atoms with Crippen molar-refractivity contribution >= 4 is 44.2 Å². The van der Waals surface area contributed by atoms with E-state index >= 15 is 0 Å². The van der Waals surface area contributed by atoms with E-state index in [1.807, 2.05) is 58.0 Å². The molecule has 0 unspecified atom stereocenters. The van der Waals surface area contributed by atoms with Crippen molar-refractivity contribution in [3.8, 4) is 0 Å². The lowest BCUT2D eigenvalue weighted by molar-refractivity contribution is 0.0774. The maximum absolute atomic E-state index is 13.1. The first-order valence-electron chi connectivity index (χ1n) is 9.03. The average molecular weight is 427 g/mol. The Bertz CT molecular complexity index is 999. The number of nitrogens with zero attached hydrogens (tertiary/aromatic N) is 3. The number of pyridine rings is 2. The summed E-state index contributed by atoms with van der Waals surface area (Å²) in [4.78, 5) is 23.8. The summed E-state index contributed by atoms with van der Waals surface area (Å²) in [6.07, 6.45) is 1.62. The van der Waals surface area contributed by atoms with Gasteiger partial charge in [0.2, 0.25) is 0 Å². The molecular weight excluding hydrogens is 404 g/mol. The number of aryl methyl sites for hydroxylation is 2. The summed E-state index contributed by atoms with van der Waals surface area (Å²) in [7, 11) is 0. The van der Waals surface area contributed by atoms with Crippen LogP contribution in [0.3, 0.4) is 0 Å². The van der Waals surface area contributed by atoms with Crippen LogP contribution in [0, 0.1) is 13.8 Å². The topological polar surface area (TPSA) is 58.1 Å². The highest BCUT2D eigenvalue weighted by Gasteiger charge is 2.20. The SMILES string of the molecule is CCN(CC)C(=O)c1cnc2nc(C)ccc2c1Nc1ccc(C)cc1Br. The third-order valence-corrected chi connectivity index (χ3v) is 5.19. The molecule has 27 heavy (non-hydrogen) atoms. The van der Waals surface area contributed by atoms with Crippen LogP contribution in [-0.2, 0) is 0 Å². The van der Waals surface area contributed by atoms with E-state index in [1.54, 1.807) is 11.1 Å². The predicted molar refractivity (Wildman–Crippen MR) is 114 cm³/mol. The molecular formula is C21H23BrN4O. The molecule has 140 valence electrons. The minimum absolute atomic E-state index is 0.0410. The predicted octanol–water partition coefficient (Wildman–Crippen LogP) is 5.23. The number of rotatable bonds is 5. The average Bonchev–Trinajstić information content (AvgIpc) is 2.64. The molecule has 6 heteroatoms. The first-order valence-corrected chi connectivity index (χ1v) is 9.82. The van der Waals surface area contributed by atoms with E-state index in [2.05, 4.69) is 31.2 Å². The molecule has 0 saturated carbocycles. The Morgan fingerprint density at radius 2 is 1.89 bits per heavy atom. The van der Waals surface area contributed by atoms with Crippen LogP contribution in [0.4, 0.5) is 11.4 Å². The molecule has 2 heterocycles. The molecule has 0 saturated heterocycles. The number of carbonyl (C=O) groups excluding carboxylic acids is 1.